The molecule has 1 aliphatic rings. The molecule has 136 valence electrons. The Morgan fingerprint density at radius 3 is 2.48 bits per heavy atom. The molecule has 1 aliphatic heterocycles. The number of carbonyl (C=O) groups excluding carboxylic acids is 3. The van der Waals surface area contributed by atoms with Gasteiger partial charge in [0.25, 0.3) is 5.91 Å². The highest BCUT2D eigenvalue weighted by Crippen LogP contribution is 2.31. The van der Waals surface area contributed by atoms with Crippen molar-refractivity contribution in [1.82, 2.24) is 10.4 Å². The third-order valence-corrected chi connectivity index (χ3v) is 5.01. The van der Waals surface area contributed by atoms with E-state index in [1.807, 2.05) is 18.2 Å². The van der Waals surface area contributed by atoms with Gasteiger partial charge in [-0.3, -0.25) is 15.0 Å². The molecule has 2 aromatic carbocycles. The maximum absolute atomic E-state index is 12.6. The van der Waals surface area contributed by atoms with E-state index in [-0.39, 0.29) is 27.1 Å². The van der Waals surface area contributed by atoms with Crippen LogP contribution in [0.5, 0.6) is 0 Å². The number of carboxylic acid groups (broad SMARTS) is 1. The molecular weight excluding hydrogens is 384 g/mol. The second-order valence-electron chi connectivity index (χ2n) is 5.59. The third-order valence-electron chi connectivity index (χ3n) is 3.71. The topological polar surface area (TPSA) is 89.5 Å². The first-order chi connectivity index (χ1) is 13.0. The summed E-state index contributed by atoms with van der Waals surface area (Å²) in [7, 11) is 0. The summed E-state index contributed by atoms with van der Waals surface area (Å²) in [5.74, 6) is -2.23. The van der Waals surface area contributed by atoms with Crippen molar-refractivity contribution in [3.63, 3.8) is 0 Å². The van der Waals surface area contributed by atoms with Crippen molar-refractivity contribution >= 4 is 52.2 Å². The molecule has 2 aromatic rings. The number of carboxylic acids is 1. The van der Waals surface area contributed by atoms with Gasteiger partial charge in [-0.25, -0.2) is 0 Å². The summed E-state index contributed by atoms with van der Waals surface area (Å²) in [5.41, 5.74) is 3.59. The van der Waals surface area contributed by atoms with E-state index in [0.717, 1.165) is 22.3 Å². The molecule has 0 atom stereocenters. The summed E-state index contributed by atoms with van der Waals surface area (Å²) in [4.78, 5) is 36.2. The van der Waals surface area contributed by atoms with Gasteiger partial charge in [0, 0.05) is 5.56 Å². The number of hydrogen-bond acceptors (Lipinski definition) is 6. The lowest BCUT2D eigenvalue weighted by Crippen LogP contribution is -2.45. The molecule has 6 nitrogen and oxygen atoms in total. The second-order valence-corrected chi connectivity index (χ2v) is 7.26. The van der Waals surface area contributed by atoms with Crippen LogP contribution in [0.4, 0.5) is 0 Å². The first kappa shape index (κ1) is 18.8. The zero-order chi connectivity index (χ0) is 19.4. The van der Waals surface area contributed by atoms with E-state index < -0.39 is 11.9 Å². The molecule has 0 aromatic heterocycles. The average molecular weight is 397 g/mol. The number of nitrogens with zero attached hydrogens (tertiary/aromatic N) is 1. The Morgan fingerprint density at radius 1 is 1.11 bits per heavy atom. The van der Waals surface area contributed by atoms with Gasteiger partial charge in [-0.1, -0.05) is 66.4 Å². The second kappa shape index (κ2) is 8.15. The number of thioether (sulfide) groups is 1. The molecular formula is C19H13N2O4S2-. The molecule has 1 N–H and O–H groups in total. The number of hydrazine groups is 1. The molecule has 1 fully saturated rings. The zero-order valence-corrected chi connectivity index (χ0v) is 15.5. The fourth-order valence-corrected chi connectivity index (χ4v) is 3.63. The van der Waals surface area contributed by atoms with Crippen LogP contribution in [0.1, 0.15) is 21.5 Å². The molecule has 27 heavy (non-hydrogen) atoms. The zero-order valence-electron chi connectivity index (χ0n) is 13.9. The first-order valence-corrected chi connectivity index (χ1v) is 9.10. The summed E-state index contributed by atoms with van der Waals surface area (Å²) in [6.45, 7) is 0. The van der Waals surface area contributed by atoms with Gasteiger partial charge >= 0.3 is 0 Å². The van der Waals surface area contributed by atoms with E-state index in [2.05, 4.69) is 5.43 Å². The highest BCUT2D eigenvalue weighted by atomic mass is 32.2. The van der Waals surface area contributed by atoms with Gasteiger partial charge in [-0.05, 0) is 29.4 Å². The minimum absolute atomic E-state index is 0.0316. The van der Waals surface area contributed by atoms with E-state index in [0.29, 0.717) is 5.56 Å². The normalized spacial score (nSPS) is 15.3. The Bertz CT molecular complexity index is 957. The summed E-state index contributed by atoms with van der Waals surface area (Å²) in [6, 6.07) is 15.3. The van der Waals surface area contributed by atoms with Crippen LogP contribution in [-0.4, -0.2) is 27.1 Å². The van der Waals surface area contributed by atoms with Gasteiger partial charge in [0.1, 0.15) is 0 Å². The van der Waals surface area contributed by atoms with Crippen molar-refractivity contribution in [1.29, 1.82) is 0 Å². The lowest BCUT2D eigenvalue weighted by molar-refractivity contribution is -0.255. The molecule has 0 saturated carbocycles. The van der Waals surface area contributed by atoms with Gasteiger partial charge in [0.05, 0.1) is 17.3 Å². The smallest absolute Gasteiger partial charge is 0.285 e. The number of thiocarbonyl (C=S) groups is 1. The summed E-state index contributed by atoms with van der Waals surface area (Å²) < 4.78 is 0.165. The van der Waals surface area contributed by atoms with Crippen molar-refractivity contribution in [3.05, 3.63) is 76.2 Å². The lowest BCUT2D eigenvalue weighted by atomic mass is 10.1. The molecule has 0 aliphatic carbocycles. The van der Waals surface area contributed by atoms with Crippen molar-refractivity contribution in [3.8, 4) is 0 Å². The molecule has 1 saturated heterocycles. The lowest BCUT2D eigenvalue weighted by Gasteiger charge is -2.15. The fraction of sp³-hybridized carbons (Fsp3) is 0.0526. The largest absolute Gasteiger partial charge is 0.545 e. The monoisotopic (exact) mass is 397 g/mol. The van der Waals surface area contributed by atoms with E-state index >= 15 is 0 Å². The molecule has 2 amide bonds. The number of benzene rings is 2. The molecule has 3 rings (SSSR count). The predicted octanol–water partition coefficient (Wildman–Crippen LogP) is 1.53. The molecule has 0 unspecified atom stereocenters. The minimum Gasteiger partial charge on any atom is -0.545 e. The Labute approximate surface area is 164 Å². The Morgan fingerprint density at radius 2 is 1.78 bits per heavy atom. The van der Waals surface area contributed by atoms with Crippen LogP contribution < -0.4 is 10.5 Å². The molecule has 0 radical (unpaired) electrons. The Kier molecular flexibility index (Phi) is 5.68. The molecule has 1 heterocycles. The fourth-order valence-electron chi connectivity index (χ4n) is 2.46. The molecule has 0 spiro atoms. The number of nitrogens with one attached hydrogen (secondary N) is 1. The van der Waals surface area contributed by atoms with Crippen LogP contribution in [0, 0.1) is 0 Å². The van der Waals surface area contributed by atoms with Crippen molar-refractivity contribution in [2.75, 3.05) is 0 Å². The predicted molar refractivity (Wildman–Crippen MR) is 104 cm³/mol. The van der Waals surface area contributed by atoms with E-state index in [1.54, 1.807) is 30.3 Å². The van der Waals surface area contributed by atoms with Crippen molar-refractivity contribution < 1.29 is 19.5 Å². The average Bonchev–Trinajstić information content (AvgIpc) is 2.90. The molecule has 0 bridgehead atoms. The van der Waals surface area contributed by atoms with Gasteiger partial charge < -0.3 is 9.90 Å². The Balaban J connectivity index is 1.75. The van der Waals surface area contributed by atoms with Crippen LogP contribution in [0.25, 0.3) is 6.08 Å². The number of amides is 2. The van der Waals surface area contributed by atoms with Gasteiger partial charge in [0.2, 0.25) is 5.91 Å². The van der Waals surface area contributed by atoms with Crippen LogP contribution in [0.3, 0.4) is 0 Å². The minimum atomic E-state index is -1.34. The number of carbonyl (C=O) groups is 3. The molecule has 8 heteroatoms. The van der Waals surface area contributed by atoms with E-state index in [9.17, 15) is 19.5 Å². The summed E-state index contributed by atoms with van der Waals surface area (Å²) in [6.07, 6.45) is 1.53. The number of hydrogen-bond donors (Lipinski definition) is 1. The van der Waals surface area contributed by atoms with E-state index in [4.69, 9.17) is 12.2 Å². The third kappa shape index (κ3) is 4.42. The summed E-state index contributed by atoms with van der Waals surface area (Å²) >= 11 is 6.15. The van der Waals surface area contributed by atoms with Crippen molar-refractivity contribution in [2.24, 2.45) is 0 Å². The van der Waals surface area contributed by atoms with Crippen molar-refractivity contribution in [2.45, 2.75) is 6.42 Å². The van der Waals surface area contributed by atoms with Crippen LogP contribution in [-0.2, 0) is 16.0 Å². The quantitative estimate of drug-likeness (QED) is 0.608. The van der Waals surface area contributed by atoms with Gasteiger partial charge in [0.15, 0.2) is 4.32 Å². The maximum Gasteiger partial charge on any atom is 0.285 e. The highest BCUT2D eigenvalue weighted by molar-refractivity contribution is 8.26. The van der Waals surface area contributed by atoms with E-state index in [1.165, 1.54) is 12.1 Å². The van der Waals surface area contributed by atoms with Crippen LogP contribution in [0.2, 0.25) is 0 Å². The summed E-state index contributed by atoms with van der Waals surface area (Å²) in [5, 5.41) is 12.2. The SMILES string of the molecule is O=C(Cc1ccccc1)NN1C(=O)/C(=C/c2ccccc2C(=O)[O-])SC1=S. The number of aromatic carboxylic acids is 1. The highest BCUT2D eigenvalue weighted by Gasteiger charge is 2.33. The number of rotatable bonds is 5. The maximum atomic E-state index is 12.6. The first-order valence-electron chi connectivity index (χ1n) is 7.87. The standard InChI is InChI=1S/C19H14N2O4S2/c22-16(10-12-6-2-1-3-7-12)20-21-17(23)15(27-19(21)26)11-13-8-4-5-9-14(13)18(24)25/h1-9,11H,10H2,(H,20,22)(H,24,25)/p-1/b15-11-. The van der Waals surface area contributed by atoms with Gasteiger partial charge in [-0.15, -0.1) is 0 Å². The van der Waals surface area contributed by atoms with Crippen LogP contribution in [0.15, 0.2) is 59.5 Å². The van der Waals surface area contributed by atoms with Crippen LogP contribution >= 0.6 is 24.0 Å². The van der Waals surface area contributed by atoms with Gasteiger partial charge in [-0.2, -0.15) is 5.01 Å². The Hall–Kier alpha value is -2.97.